The lowest BCUT2D eigenvalue weighted by Crippen LogP contribution is -2.38. The van der Waals surface area contributed by atoms with Crippen LogP contribution in [0.1, 0.15) is 70.7 Å². The summed E-state index contributed by atoms with van der Waals surface area (Å²) in [7, 11) is 0. The summed E-state index contributed by atoms with van der Waals surface area (Å²) in [6.07, 6.45) is 2.22. The molecule has 0 aromatic heterocycles. The number of phenols is 1. The number of aliphatic hydroxyl groups excluding tert-OH is 2. The Balaban J connectivity index is 0.000000287. The average molecular weight is 779 g/mol. The highest BCUT2D eigenvalue weighted by Gasteiger charge is 2.43. The lowest BCUT2D eigenvalue weighted by molar-refractivity contribution is -0.140. The van der Waals surface area contributed by atoms with Gasteiger partial charge >= 0.3 is 5.97 Å². The second-order valence-corrected chi connectivity index (χ2v) is 13.2. The summed E-state index contributed by atoms with van der Waals surface area (Å²) in [5, 5.41) is 43.0. The third-order valence-corrected chi connectivity index (χ3v) is 9.46. The molecule has 0 unspecified atom stereocenters. The molecule has 0 fully saturated rings. The topological polar surface area (TPSA) is 128 Å². The highest BCUT2D eigenvalue weighted by molar-refractivity contribution is 6.35. The van der Waals surface area contributed by atoms with Crippen LogP contribution in [-0.4, -0.2) is 59.2 Å². The van der Waals surface area contributed by atoms with Gasteiger partial charge in [0.1, 0.15) is 11.2 Å². The van der Waals surface area contributed by atoms with Crippen molar-refractivity contribution in [3.05, 3.63) is 171 Å². The number of aliphatic hydroxyl groups is 2. The van der Waals surface area contributed by atoms with Gasteiger partial charge in [-0.3, -0.25) is 4.79 Å². The number of hydrogen-bond donors (Lipinski definition) is 5. The Morgan fingerprint density at radius 2 is 1.28 bits per heavy atom. The van der Waals surface area contributed by atoms with E-state index >= 15 is 0 Å². The minimum atomic E-state index is -2.71. The first-order valence-corrected chi connectivity index (χ1v) is 18.4. The van der Waals surface area contributed by atoms with E-state index in [-0.39, 0.29) is 25.6 Å². The van der Waals surface area contributed by atoms with Crippen molar-refractivity contribution in [3.63, 3.8) is 0 Å². The predicted octanol–water partition coefficient (Wildman–Crippen LogP) is 8.71. The number of nitrogens with one attached hydrogen (secondary N) is 1. The maximum absolute atomic E-state index is 12.4. The monoisotopic (exact) mass is 777 g/mol. The number of aromatic hydroxyl groups is 1. The number of carboxylic acid groups (broad SMARTS) is 1. The highest BCUT2D eigenvalue weighted by Crippen LogP contribution is 2.39. The molecule has 0 aliphatic heterocycles. The molecule has 8 nitrogen and oxygen atoms in total. The fraction of sp³-hybridized carbons (Fsp3) is 0.295. The van der Waals surface area contributed by atoms with Crippen LogP contribution in [-0.2, 0) is 32.9 Å². The Hall–Kier alpha value is -4.25. The van der Waals surface area contributed by atoms with Gasteiger partial charge in [0.2, 0.25) is 0 Å². The van der Waals surface area contributed by atoms with Crippen LogP contribution in [0.2, 0.25) is 10.0 Å². The van der Waals surface area contributed by atoms with Crippen LogP contribution >= 0.6 is 23.2 Å². The molecule has 1 atom stereocenters. The number of rotatable bonds is 20. The zero-order valence-corrected chi connectivity index (χ0v) is 31.3. The van der Waals surface area contributed by atoms with E-state index in [4.69, 9.17) is 38.2 Å². The van der Waals surface area contributed by atoms with Crippen molar-refractivity contribution in [3.8, 4) is 5.75 Å². The fourth-order valence-corrected chi connectivity index (χ4v) is 6.40. The summed E-state index contributed by atoms with van der Waals surface area (Å²) in [5.74, 6) is -0.889. The molecule has 0 radical (unpaired) electrons. The van der Waals surface area contributed by atoms with Crippen molar-refractivity contribution in [2.24, 2.45) is 0 Å². The second kappa shape index (κ2) is 22.8. The number of halogens is 2. The molecule has 10 heteroatoms. The van der Waals surface area contributed by atoms with E-state index < -0.39 is 30.6 Å². The van der Waals surface area contributed by atoms with Gasteiger partial charge in [-0.2, -0.15) is 0 Å². The first-order valence-electron chi connectivity index (χ1n) is 19.7. The van der Waals surface area contributed by atoms with Gasteiger partial charge in [0.15, 0.2) is 0 Å². The Labute approximate surface area is 333 Å². The Morgan fingerprint density at radius 1 is 0.741 bits per heavy atom. The SMILES string of the molecule is O=C(O)C(c1ccccc1)(c1ccccc1)c1ccccc1.[2H]C([2H])(OCCCCCCNC[C@H](O)c1ccc(O)c(CO)c1)C([2H])([2H])OCc1c(Cl)cccc1Cl. The molecule has 0 heterocycles. The standard InChI is InChI=1S/C24H33Cl2NO5.C20H16O2/c25-21-6-5-7-22(26)20(21)17-32-13-12-31-11-4-2-1-3-10-27-15-24(30)18-8-9-23(29)19(14-18)16-28;21-19(22)20(16-10-4-1-5-11-16,17-12-6-2-7-13-17)18-14-8-3-9-15-18/h5-9,14,24,27-30H,1-4,10-13,15-17H2;1-15H,(H,21,22)/t24-;/m0./s1/i12D2,13D2;. The van der Waals surface area contributed by atoms with Gasteiger partial charge in [0, 0.05) is 34.3 Å². The van der Waals surface area contributed by atoms with Crippen molar-refractivity contribution in [1.82, 2.24) is 5.32 Å². The first kappa shape index (κ1) is 36.7. The Bertz CT molecular complexity index is 1900. The van der Waals surface area contributed by atoms with E-state index in [0.29, 0.717) is 46.2 Å². The molecule has 286 valence electrons. The molecule has 5 N–H and O–H groups in total. The van der Waals surface area contributed by atoms with Gasteiger partial charge in [-0.15, -0.1) is 0 Å². The molecule has 5 rings (SSSR count). The summed E-state index contributed by atoms with van der Waals surface area (Å²) in [6.45, 7) is -4.95. The lowest BCUT2D eigenvalue weighted by Gasteiger charge is -2.31. The highest BCUT2D eigenvalue weighted by atomic mass is 35.5. The largest absolute Gasteiger partial charge is 0.508 e. The number of benzene rings is 5. The van der Waals surface area contributed by atoms with Gasteiger partial charge in [-0.1, -0.05) is 139 Å². The van der Waals surface area contributed by atoms with Gasteiger partial charge in [-0.25, -0.2) is 0 Å². The molecule has 0 spiro atoms. The molecule has 0 aliphatic rings. The van der Waals surface area contributed by atoms with Gasteiger partial charge in [0.25, 0.3) is 0 Å². The van der Waals surface area contributed by atoms with Gasteiger partial charge in [-0.05, 0) is 65.9 Å². The van der Waals surface area contributed by atoms with Crippen molar-refractivity contribution < 1.29 is 40.2 Å². The maximum Gasteiger partial charge on any atom is 0.323 e. The molecular formula is C44H49Cl2NO7. The Kier molecular flexibility index (Phi) is 15.5. The average Bonchev–Trinajstić information content (AvgIpc) is 3.21. The maximum atomic E-state index is 12.4. The zero-order valence-electron chi connectivity index (χ0n) is 33.8. The van der Waals surface area contributed by atoms with Crippen LogP contribution in [0.15, 0.2) is 127 Å². The van der Waals surface area contributed by atoms with Crippen LogP contribution in [0.3, 0.4) is 0 Å². The minimum absolute atomic E-state index is 0.0101. The van der Waals surface area contributed by atoms with Gasteiger partial charge < -0.3 is 35.2 Å². The predicted molar refractivity (Wildman–Crippen MR) is 214 cm³/mol. The zero-order chi connectivity index (χ0) is 42.2. The normalized spacial score (nSPS) is 13.4. The smallest absolute Gasteiger partial charge is 0.323 e. The third kappa shape index (κ3) is 12.1. The van der Waals surface area contributed by atoms with Crippen LogP contribution in [0, 0.1) is 0 Å². The van der Waals surface area contributed by atoms with Crippen molar-refractivity contribution in [2.45, 2.75) is 50.4 Å². The van der Waals surface area contributed by atoms with Crippen molar-refractivity contribution in [1.29, 1.82) is 0 Å². The summed E-state index contributed by atoms with van der Waals surface area (Å²) < 4.78 is 42.1. The molecule has 0 bridgehead atoms. The number of ether oxygens (including phenoxy) is 2. The van der Waals surface area contributed by atoms with Crippen molar-refractivity contribution in [2.75, 3.05) is 32.8 Å². The van der Waals surface area contributed by atoms with E-state index in [1.165, 1.54) is 6.07 Å². The van der Waals surface area contributed by atoms with Crippen LogP contribution in [0.4, 0.5) is 0 Å². The number of hydrogen-bond acceptors (Lipinski definition) is 7. The number of carbonyl (C=O) groups is 1. The molecule has 5 aromatic carbocycles. The summed E-state index contributed by atoms with van der Waals surface area (Å²) >= 11 is 12.1. The van der Waals surface area contributed by atoms with Crippen LogP contribution in [0.25, 0.3) is 0 Å². The van der Waals surface area contributed by atoms with E-state index in [1.54, 1.807) is 30.3 Å². The molecule has 0 amide bonds. The van der Waals surface area contributed by atoms with E-state index in [0.717, 1.165) is 36.0 Å². The van der Waals surface area contributed by atoms with E-state index in [2.05, 4.69) is 5.32 Å². The van der Waals surface area contributed by atoms with Crippen LogP contribution < -0.4 is 5.32 Å². The van der Waals surface area contributed by atoms with E-state index in [1.807, 2.05) is 91.0 Å². The third-order valence-electron chi connectivity index (χ3n) is 8.75. The molecule has 54 heavy (non-hydrogen) atoms. The molecule has 0 saturated heterocycles. The minimum Gasteiger partial charge on any atom is -0.508 e. The number of unbranched alkanes of at least 4 members (excludes halogenated alkanes) is 3. The van der Waals surface area contributed by atoms with E-state index in [9.17, 15) is 25.2 Å². The van der Waals surface area contributed by atoms with Crippen LogP contribution in [0.5, 0.6) is 5.75 Å². The summed E-state index contributed by atoms with van der Waals surface area (Å²) in [4.78, 5) is 12.4. The van der Waals surface area contributed by atoms with Gasteiger partial charge in [0.05, 0.1) is 37.9 Å². The fourth-order valence-electron chi connectivity index (χ4n) is 5.90. The number of aliphatic carboxylic acids is 1. The molecule has 5 aromatic rings. The molecule has 0 saturated carbocycles. The quantitative estimate of drug-likeness (QED) is 0.0392. The van der Waals surface area contributed by atoms with Crippen molar-refractivity contribution >= 4 is 29.2 Å². The molecular weight excluding hydrogens is 725 g/mol. The summed E-state index contributed by atoms with van der Waals surface area (Å²) in [6, 6.07) is 37.6. The Morgan fingerprint density at radius 3 is 1.81 bits per heavy atom. The number of carboxylic acids is 1. The molecule has 0 aliphatic carbocycles. The summed E-state index contributed by atoms with van der Waals surface area (Å²) in [5.41, 5.74) is 2.39. The lowest BCUT2D eigenvalue weighted by atomic mass is 9.69. The first-order chi connectivity index (χ1) is 27.7. The second-order valence-electron chi connectivity index (χ2n) is 12.4.